The molecule has 0 aromatic heterocycles. The van der Waals surface area contributed by atoms with Crippen LogP contribution in [0.1, 0.15) is 39.0 Å². The highest BCUT2D eigenvalue weighted by molar-refractivity contribution is 5.89. The molecule has 1 unspecified atom stereocenters. The topological polar surface area (TPSA) is 67.4 Å². The zero-order chi connectivity index (χ0) is 13.6. The summed E-state index contributed by atoms with van der Waals surface area (Å²) in [6, 6.07) is 0. The second kappa shape index (κ2) is 8.38. The molecule has 1 saturated carbocycles. The molecule has 0 aromatic carbocycles. The molecule has 6 heteroatoms. The summed E-state index contributed by atoms with van der Waals surface area (Å²) in [5.74, 6) is -0.553. The highest BCUT2D eigenvalue weighted by Crippen LogP contribution is 2.29. The van der Waals surface area contributed by atoms with Gasteiger partial charge in [-0.3, -0.25) is 4.79 Å². The molecule has 1 atom stereocenters. The van der Waals surface area contributed by atoms with Crippen molar-refractivity contribution in [2.45, 2.75) is 44.6 Å². The Morgan fingerprint density at radius 3 is 2.32 bits per heavy atom. The summed E-state index contributed by atoms with van der Waals surface area (Å²) in [7, 11) is 3.18. The molecule has 1 aliphatic rings. The van der Waals surface area contributed by atoms with Crippen LogP contribution in [0.15, 0.2) is 0 Å². The standard InChI is InChI=1S/C13H24N2O3.ClH/c1-10(9-14-2)11(16)15-13(12(17)18-3)7-5-4-6-8-13;/h10,14H,4-9H2,1-3H3,(H,15,16);1H. The van der Waals surface area contributed by atoms with Gasteiger partial charge in [0.1, 0.15) is 5.54 Å². The maximum Gasteiger partial charge on any atom is 0.331 e. The van der Waals surface area contributed by atoms with E-state index in [1.165, 1.54) is 7.11 Å². The molecule has 1 aliphatic carbocycles. The molecule has 19 heavy (non-hydrogen) atoms. The van der Waals surface area contributed by atoms with Crippen molar-refractivity contribution in [1.82, 2.24) is 10.6 Å². The van der Waals surface area contributed by atoms with Gasteiger partial charge in [-0.05, 0) is 19.9 Å². The lowest BCUT2D eigenvalue weighted by molar-refractivity contribution is -0.153. The van der Waals surface area contributed by atoms with Gasteiger partial charge in [-0.15, -0.1) is 12.4 Å². The van der Waals surface area contributed by atoms with Crippen LogP contribution in [0.4, 0.5) is 0 Å². The highest BCUT2D eigenvalue weighted by Gasteiger charge is 2.42. The van der Waals surface area contributed by atoms with Gasteiger partial charge in [0, 0.05) is 12.5 Å². The van der Waals surface area contributed by atoms with E-state index in [2.05, 4.69) is 10.6 Å². The monoisotopic (exact) mass is 292 g/mol. The van der Waals surface area contributed by atoms with E-state index in [4.69, 9.17) is 4.74 Å². The molecule has 5 nitrogen and oxygen atoms in total. The summed E-state index contributed by atoms with van der Waals surface area (Å²) < 4.78 is 4.86. The predicted molar refractivity (Wildman–Crippen MR) is 76.3 cm³/mol. The largest absolute Gasteiger partial charge is 0.467 e. The van der Waals surface area contributed by atoms with Crippen LogP contribution >= 0.6 is 12.4 Å². The Bertz CT molecular complexity index is 304. The van der Waals surface area contributed by atoms with E-state index in [1.54, 1.807) is 7.05 Å². The molecule has 0 saturated heterocycles. The first kappa shape index (κ1) is 18.2. The molecule has 2 N–H and O–H groups in total. The molecule has 1 rings (SSSR count). The molecule has 0 heterocycles. The lowest BCUT2D eigenvalue weighted by atomic mass is 9.81. The highest BCUT2D eigenvalue weighted by atomic mass is 35.5. The number of halogens is 1. The van der Waals surface area contributed by atoms with Crippen LogP contribution in [0.3, 0.4) is 0 Å². The van der Waals surface area contributed by atoms with Crippen molar-refractivity contribution in [2.75, 3.05) is 20.7 Å². The molecule has 112 valence electrons. The number of rotatable bonds is 5. The third kappa shape index (κ3) is 4.66. The Balaban J connectivity index is 0.00000324. The van der Waals surface area contributed by atoms with Crippen LogP contribution in [0.25, 0.3) is 0 Å². The number of hydrogen-bond donors (Lipinski definition) is 2. The summed E-state index contributed by atoms with van der Waals surface area (Å²) in [5, 5.41) is 5.88. The van der Waals surface area contributed by atoms with Crippen LogP contribution in [0.2, 0.25) is 0 Å². The number of nitrogens with one attached hydrogen (secondary N) is 2. The van der Waals surface area contributed by atoms with Crippen molar-refractivity contribution in [3.8, 4) is 0 Å². The molecule has 1 fully saturated rings. The first-order valence-electron chi connectivity index (χ1n) is 6.61. The van der Waals surface area contributed by atoms with Gasteiger partial charge in [0.15, 0.2) is 0 Å². The zero-order valence-electron chi connectivity index (χ0n) is 12.0. The number of ether oxygens (including phenoxy) is 1. The normalized spacial score (nSPS) is 18.9. The zero-order valence-corrected chi connectivity index (χ0v) is 12.8. The van der Waals surface area contributed by atoms with Crippen molar-refractivity contribution in [2.24, 2.45) is 5.92 Å². The molecule has 1 amide bonds. The van der Waals surface area contributed by atoms with Crippen molar-refractivity contribution in [3.05, 3.63) is 0 Å². The Morgan fingerprint density at radius 1 is 1.26 bits per heavy atom. The Morgan fingerprint density at radius 2 is 1.84 bits per heavy atom. The average molecular weight is 293 g/mol. The average Bonchev–Trinajstić information content (AvgIpc) is 2.39. The fourth-order valence-corrected chi connectivity index (χ4v) is 2.49. The maximum atomic E-state index is 12.1. The van der Waals surface area contributed by atoms with Gasteiger partial charge in [0.05, 0.1) is 7.11 Å². The van der Waals surface area contributed by atoms with E-state index in [1.807, 2.05) is 6.92 Å². The third-order valence-electron chi connectivity index (χ3n) is 3.60. The van der Waals surface area contributed by atoms with E-state index in [0.717, 1.165) is 19.3 Å². The Kier molecular flexibility index (Phi) is 8.02. The lowest BCUT2D eigenvalue weighted by Gasteiger charge is -2.36. The number of methoxy groups -OCH3 is 1. The quantitative estimate of drug-likeness (QED) is 0.749. The number of carbonyl (C=O) groups is 2. The molecular formula is C13H25ClN2O3. The van der Waals surface area contributed by atoms with E-state index >= 15 is 0 Å². The van der Waals surface area contributed by atoms with Crippen LogP contribution in [-0.2, 0) is 14.3 Å². The van der Waals surface area contributed by atoms with Gasteiger partial charge >= 0.3 is 5.97 Å². The molecular weight excluding hydrogens is 268 g/mol. The van der Waals surface area contributed by atoms with Crippen LogP contribution in [0, 0.1) is 5.92 Å². The van der Waals surface area contributed by atoms with Crippen molar-refractivity contribution in [3.63, 3.8) is 0 Å². The van der Waals surface area contributed by atoms with Gasteiger partial charge in [0.25, 0.3) is 0 Å². The van der Waals surface area contributed by atoms with Crippen LogP contribution in [0.5, 0.6) is 0 Å². The number of esters is 1. The van der Waals surface area contributed by atoms with Gasteiger partial charge in [-0.2, -0.15) is 0 Å². The minimum Gasteiger partial charge on any atom is -0.467 e. The third-order valence-corrected chi connectivity index (χ3v) is 3.60. The number of hydrogen-bond acceptors (Lipinski definition) is 4. The van der Waals surface area contributed by atoms with Gasteiger partial charge in [-0.25, -0.2) is 4.79 Å². The van der Waals surface area contributed by atoms with Crippen molar-refractivity contribution in [1.29, 1.82) is 0 Å². The minimum absolute atomic E-state index is 0. The second-order valence-electron chi connectivity index (χ2n) is 5.08. The first-order valence-corrected chi connectivity index (χ1v) is 6.61. The summed E-state index contributed by atoms with van der Waals surface area (Å²) in [6.45, 7) is 2.45. The fraction of sp³-hybridized carbons (Fsp3) is 0.846. The minimum atomic E-state index is -0.800. The first-order chi connectivity index (χ1) is 8.55. The smallest absolute Gasteiger partial charge is 0.331 e. The summed E-state index contributed by atoms with van der Waals surface area (Å²) in [6.07, 6.45) is 4.38. The molecule has 0 aliphatic heterocycles. The van der Waals surface area contributed by atoms with E-state index in [9.17, 15) is 9.59 Å². The van der Waals surface area contributed by atoms with Gasteiger partial charge < -0.3 is 15.4 Å². The summed E-state index contributed by atoms with van der Waals surface area (Å²) in [5.41, 5.74) is -0.800. The molecule has 0 spiro atoms. The fourth-order valence-electron chi connectivity index (χ4n) is 2.49. The Hall–Kier alpha value is -0.810. The molecule has 0 aromatic rings. The van der Waals surface area contributed by atoms with Crippen LogP contribution in [-0.4, -0.2) is 38.1 Å². The summed E-state index contributed by atoms with van der Waals surface area (Å²) in [4.78, 5) is 24.0. The van der Waals surface area contributed by atoms with Crippen molar-refractivity contribution >= 4 is 24.3 Å². The molecule has 0 bridgehead atoms. The maximum absolute atomic E-state index is 12.1. The predicted octanol–water partition coefficient (Wildman–Crippen LogP) is 1.26. The van der Waals surface area contributed by atoms with E-state index in [0.29, 0.717) is 19.4 Å². The van der Waals surface area contributed by atoms with Crippen LogP contribution < -0.4 is 10.6 Å². The second-order valence-corrected chi connectivity index (χ2v) is 5.08. The number of carbonyl (C=O) groups excluding carboxylic acids is 2. The van der Waals surface area contributed by atoms with E-state index < -0.39 is 5.54 Å². The SMILES string of the molecule is CNCC(C)C(=O)NC1(C(=O)OC)CCCCC1.Cl. The van der Waals surface area contributed by atoms with Crippen molar-refractivity contribution < 1.29 is 14.3 Å². The van der Waals surface area contributed by atoms with Gasteiger partial charge in [0.2, 0.25) is 5.91 Å². The van der Waals surface area contributed by atoms with Gasteiger partial charge in [-0.1, -0.05) is 26.2 Å². The molecule has 0 radical (unpaired) electrons. The lowest BCUT2D eigenvalue weighted by Crippen LogP contribution is -2.57. The summed E-state index contributed by atoms with van der Waals surface area (Å²) >= 11 is 0. The Labute approximate surface area is 121 Å². The number of amides is 1. The van der Waals surface area contributed by atoms with E-state index in [-0.39, 0.29) is 30.2 Å².